The van der Waals surface area contributed by atoms with Gasteiger partial charge in [0, 0.05) is 17.9 Å². The van der Waals surface area contributed by atoms with Crippen LogP contribution in [0.2, 0.25) is 5.02 Å². The van der Waals surface area contributed by atoms with Crippen molar-refractivity contribution >= 4 is 44.7 Å². The lowest BCUT2D eigenvalue weighted by atomic mass is 9.69. The molecule has 4 nitrogen and oxygen atoms in total. The van der Waals surface area contributed by atoms with Crippen LogP contribution in [0.25, 0.3) is 10.2 Å². The van der Waals surface area contributed by atoms with E-state index in [2.05, 4.69) is 4.98 Å². The van der Waals surface area contributed by atoms with Gasteiger partial charge in [-0.1, -0.05) is 49.8 Å². The molecule has 0 radical (unpaired) electrons. The molecule has 1 saturated carbocycles. The standard InChI is InChI=1S/C23H22ClNO3S/c1-4-13-5-7-15(28-22-25-17-9-14(24)6-8-20(17)29-22)10-16(13)21-18(26)11-23(2,3)12-19(21)27/h5-10,21H,4,11-12H2,1-3H3. The van der Waals surface area contributed by atoms with E-state index in [1.807, 2.05) is 51.1 Å². The van der Waals surface area contributed by atoms with Gasteiger partial charge in [0.15, 0.2) is 0 Å². The summed E-state index contributed by atoms with van der Waals surface area (Å²) in [6.45, 7) is 5.97. The minimum atomic E-state index is -0.698. The number of rotatable bonds is 4. The Morgan fingerprint density at radius 3 is 2.55 bits per heavy atom. The first-order valence-corrected chi connectivity index (χ1v) is 10.9. The zero-order valence-corrected chi connectivity index (χ0v) is 18.2. The number of carbonyl (C=O) groups is 2. The number of Topliss-reactive ketones (excluding diaryl/α,β-unsaturated/α-hetero) is 2. The fourth-order valence-corrected chi connectivity index (χ4v) is 4.97. The van der Waals surface area contributed by atoms with Crippen molar-refractivity contribution in [2.24, 2.45) is 5.41 Å². The molecule has 1 heterocycles. The number of carbonyl (C=O) groups excluding carboxylic acids is 2. The van der Waals surface area contributed by atoms with E-state index in [1.54, 1.807) is 6.07 Å². The van der Waals surface area contributed by atoms with Gasteiger partial charge in [-0.2, -0.15) is 0 Å². The van der Waals surface area contributed by atoms with Crippen molar-refractivity contribution in [1.82, 2.24) is 4.98 Å². The molecule has 6 heteroatoms. The van der Waals surface area contributed by atoms with E-state index in [-0.39, 0.29) is 17.0 Å². The summed E-state index contributed by atoms with van der Waals surface area (Å²) in [6, 6.07) is 11.2. The average molecular weight is 428 g/mol. The van der Waals surface area contributed by atoms with E-state index >= 15 is 0 Å². The third-order valence-corrected chi connectivity index (χ3v) is 6.44. The van der Waals surface area contributed by atoms with Crippen LogP contribution < -0.4 is 4.74 Å². The molecule has 4 rings (SSSR count). The summed E-state index contributed by atoms with van der Waals surface area (Å²) in [5.74, 6) is -0.135. The number of halogens is 1. The van der Waals surface area contributed by atoms with Gasteiger partial charge in [-0.05, 0) is 53.3 Å². The molecular formula is C23H22ClNO3S. The second-order valence-corrected chi connectivity index (χ2v) is 9.72. The molecule has 0 saturated heterocycles. The number of hydrogen-bond donors (Lipinski definition) is 0. The first kappa shape index (κ1) is 20.0. The van der Waals surface area contributed by atoms with Crippen molar-refractivity contribution in [3.63, 3.8) is 0 Å². The molecule has 2 aromatic carbocycles. The first-order chi connectivity index (χ1) is 13.8. The van der Waals surface area contributed by atoms with Gasteiger partial charge in [0.1, 0.15) is 23.2 Å². The Balaban J connectivity index is 1.67. The monoisotopic (exact) mass is 427 g/mol. The van der Waals surface area contributed by atoms with Crippen LogP contribution in [0.1, 0.15) is 50.7 Å². The maximum Gasteiger partial charge on any atom is 0.279 e. The summed E-state index contributed by atoms with van der Waals surface area (Å²) in [5.41, 5.74) is 2.27. The maximum atomic E-state index is 12.8. The second kappa shape index (κ2) is 7.54. The SMILES string of the molecule is CCc1ccc(Oc2nc3cc(Cl)ccc3s2)cc1C1C(=O)CC(C)(C)CC1=O. The Hall–Kier alpha value is -2.24. The number of hydrogen-bond acceptors (Lipinski definition) is 5. The van der Waals surface area contributed by atoms with Crippen LogP contribution in [0, 0.1) is 5.41 Å². The number of aryl methyl sites for hydroxylation is 1. The smallest absolute Gasteiger partial charge is 0.279 e. The number of nitrogens with zero attached hydrogens (tertiary/aromatic N) is 1. The summed E-state index contributed by atoms with van der Waals surface area (Å²) >= 11 is 7.46. The van der Waals surface area contributed by atoms with Gasteiger partial charge in [-0.3, -0.25) is 9.59 Å². The van der Waals surface area contributed by atoms with Gasteiger partial charge in [-0.25, -0.2) is 4.98 Å². The van der Waals surface area contributed by atoms with Crippen LogP contribution in [0.15, 0.2) is 36.4 Å². The van der Waals surface area contributed by atoms with Gasteiger partial charge in [-0.15, -0.1) is 0 Å². The minimum absolute atomic E-state index is 0.00673. The van der Waals surface area contributed by atoms with E-state index in [9.17, 15) is 9.59 Å². The Morgan fingerprint density at radius 1 is 1.14 bits per heavy atom. The predicted octanol–water partition coefficient (Wildman–Crippen LogP) is 6.35. The number of benzene rings is 2. The number of ketones is 2. The first-order valence-electron chi connectivity index (χ1n) is 9.68. The van der Waals surface area contributed by atoms with E-state index in [0.29, 0.717) is 28.8 Å². The van der Waals surface area contributed by atoms with Crippen molar-refractivity contribution in [2.75, 3.05) is 0 Å². The topological polar surface area (TPSA) is 56.3 Å². The third-order valence-electron chi connectivity index (χ3n) is 5.29. The van der Waals surface area contributed by atoms with E-state index in [1.165, 1.54) is 11.3 Å². The molecule has 0 spiro atoms. The Bertz CT molecular complexity index is 1100. The van der Waals surface area contributed by atoms with Gasteiger partial charge >= 0.3 is 0 Å². The molecule has 0 unspecified atom stereocenters. The summed E-state index contributed by atoms with van der Waals surface area (Å²) in [6.07, 6.45) is 1.57. The molecular weight excluding hydrogens is 406 g/mol. The molecule has 0 bridgehead atoms. The molecule has 0 amide bonds. The quantitative estimate of drug-likeness (QED) is 0.455. The Morgan fingerprint density at radius 2 is 1.86 bits per heavy atom. The van der Waals surface area contributed by atoms with Crippen LogP contribution in [-0.2, 0) is 16.0 Å². The highest BCUT2D eigenvalue weighted by atomic mass is 35.5. The van der Waals surface area contributed by atoms with Crippen LogP contribution in [-0.4, -0.2) is 16.6 Å². The van der Waals surface area contributed by atoms with Crippen LogP contribution in [0.4, 0.5) is 0 Å². The maximum absolute atomic E-state index is 12.8. The second-order valence-electron chi connectivity index (χ2n) is 8.29. The normalized spacial score (nSPS) is 17.1. The molecule has 0 atom stereocenters. The van der Waals surface area contributed by atoms with Crippen molar-refractivity contribution in [3.8, 4) is 10.9 Å². The Labute approximate surface area is 178 Å². The fourth-order valence-electron chi connectivity index (χ4n) is 3.99. The molecule has 150 valence electrons. The lowest BCUT2D eigenvalue weighted by Gasteiger charge is -2.33. The largest absolute Gasteiger partial charge is 0.431 e. The number of thiazole rings is 1. The van der Waals surface area contributed by atoms with Crippen LogP contribution in [0.3, 0.4) is 0 Å². The fraction of sp³-hybridized carbons (Fsp3) is 0.348. The lowest BCUT2D eigenvalue weighted by molar-refractivity contribution is -0.135. The Kier molecular flexibility index (Phi) is 5.21. The molecule has 29 heavy (non-hydrogen) atoms. The van der Waals surface area contributed by atoms with Gasteiger partial charge < -0.3 is 4.74 Å². The van der Waals surface area contributed by atoms with E-state index < -0.39 is 5.92 Å². The molecule has 3 aromatic rings. The highest BCUT2D eigenvalue weighted by Gasteiger charge is 2.41. The van der Waals surface area contributed by atoms with Crippen LogP contribution >= 0.6 is 22.9 Å². The number of fused-ring (bicyclic) bond motifs is 1. The molecule has 1 aromatic heterocycles. The molecule has 1 aliphatic rings. The van der Waals surface area contributed by atoms with Crippen molar-refractivity contribution in [3.05, 3.63) is 52.5 Å². The zero-order valence-electron chi connectivity index (χ0n) is 16.6. The third kappa shape index (κ3) is 4.07. The summed E-state index contributed by atoms with van der Waals surface area (Å²) in [7, 11) is 0. The van der Waals surface area contributed by atoms with Crippen molar-refractivity contribution in [1.29, 1.82) is 0 Å². The minimum Gasteiger partial charge on any atom is -0.431 e. The van der Waals surface area contributed by atoms with E-state index in [4.69, 9.17) is 16.3 Å². The number of ether oxygens (including phenoxy) is 1. The molecule has 0 N–H and O–H groups in total. The van der Waals surface area contributed by atoms with Gasteiger partial charge in [0.05, 0.1) is 10.2 Å². The molecule has 1 fully saturated rings. The highest BCUT2D eigenvalue weighted by Crippen LogP contribution is 2.41. The highest BCUT2D eigenvalue weighted by molar-refractivity contribution is 7.20. The van der Waals surface area contributed by atoms with Crippen LogP contribution in [0.5, 0.6) is 10.9 Å². The van der Waals surface area contributed by atoms with E-state index in [0.717, 1.165) is 27.8 Å². The van der Waals surface area contributed by atoms with Gasteiger partial charge in [0.2, 0.25) is 0 Å². The number of aromatic nitrogens is 1. The lowest BCUT2D eigenvalue weighted by Crippen LogP contribution is -2.36. The average Bonchev–Trinajstić information content (AvgIpc) is 3.01. The zero-order chi connectivity index (χ0) is 20.8. The van der Waals surface area contributed by atoms with Gasteiger partial charge in [0.25, 0.3) is 5.19 Å². The van der Waals surface area contributed by atoms with Crippen molar-refractivity contribution < 1.29 is 14.3 Å². The van der Waals surface area contributed by atoms with Crippen molar-refractivity contribution in [2.45, 2.75) is 46.0 Å². The summed E-state index contributed by atoms with van der Waals surface area (Å²) in [5, 5.41) is 1.13. The molecule has 1 aliphatic carbocycles. The summed E-state index contributed by atoms with van der Waals surface area (Å²) in [4.78, 5) is 30.1. The predicted molar refractivity (Wildman–Crippen MR) is 116 cm³/mol. The summed E-state index contributed by atoms with van der Waals surface area (Å²) < 4.78 is 6.97. The molecule has 0 aliphatic heterocycles.